The highest BCUT2D eigenvalue weighted by Gasteiger charge is 2.30. The highest BCUT2D eigenvalue weighted by molar-refractivity contribution is 6.32. The van der Waals surface area contributed by atoms with E-state index in [2.05, 4.69) is 0 Å². The van der Waals surface area contributed by atoms with E-state index >= 15 is 0 Å². The van der Waals surface area contributed by atoms with Gasteiger partial charge in [0.25, 0.3) is 0 Å². The van der Waals surface area contributed by atoms with E-state index in [9.17, 15) is 18.0 Å². The van der Waals surface area contributed by atoms with Crippen LogP contribution in [-0.4, -0.2) is 24.6 Å². The number of hydrogen-bond donors (Lipinski definition) is 0. The van der Waals surface area contributed by atoms with E-state index in [1.807, 2.05) is 6.07 Å². The molecule has 1 aliphatic heterocycles. The largest absolute Gasteiger partial charge is 0.454 e. The quantitative estimate of drug-likeness (QED) is 0.698. The lowest BCUT2D eigenvalue weighted by atomic mass is 10.1. The fourth-order valence-corrected chi connectivity index (χ4v) is 2.71. The molecule has 0 bridgehead atoms. The number of alkyl halides is 3. The van der Waals surface area contributed by atoms with Crippen LogP contribution in [0.3, 0.4) is 0 Å². The van der Waals surface area contributed by atoms with Gasteiger partial charge in [0, 0.05) is 24.7 Å². The molecule has 1 amide bonds. The molecule has 0 saturated heterocycles. The zero-order chi connectivity index (χ0) is 19.6. The van der Waals surface area contributed by atoms with Gasteiger partial charge in [-0.3, -0.25) is 4.79 Å². The number of benzene rings is 2. The highest BCUT2D eigenvalue weighted by Crippen LogP contribution is 2.33. The lowest BCUT2D eigenvalue weighted by Crippen LogP contribution is -2.24. The van der Waals surface area contributed by atoms with Crippen LogP contribution in [-0.2, 0) is 17.5 Å². The molecule has 0 spiro atoms. The van der Waals surface area contributed by atoms with Gasteiger partial charge in [0.2, 0.25) is 12.7 Å². The Morgan fingerprint density at radius 3 is 2.67 bits per heavy atom. The van der Waals surface area contributed by atoms with Gasteiger partial charge in [-0.15, -0.1) is 0 Å². The molecule has 142 valence electrons. The van der Waals surface area contributed by atoms with E-state index < -0.39 is 11.7 Å². The number of nitrogens with zero attached hydrogens (tertiary/aromatic N) is 1. The van der Waals surface area contributed by atoms with E-state index in [1.54, 1.807) is 19.2 Å². The van der Waals surface area contributed by atoms with Gasteiger partial charge in [0.15, 0.2) is 11.5 Å². The Bertz CT molecular complexity index is 896. The van der Waals surface area contributed by atoms with Crippen molar-refractivity contribution in [1.29, 1.82) is 0 Å². The number of carbonyl (C=O) groups is 1. The third kappa shape index (κ3) is 4.54. The Morgan fingerprint density at radius 1 is 1.19 bits per heavy atom. The van der Waals surface area contributed by atoms with E-state index in [1.165, 1.54) is 17.1 Å². The van der Waals surface area contributed by atoms with Crippen molar-refractivity contribution in [3.05, 3.63) is 64.2 Å². The second-order valence-electron chi connectivity index (χ2n) is 5.95. The molecule has 0 N–H and O–H groups in total. The van der Waals surface area contributed by atoms with Crippen molar-refractivity contribution < 1.29 is 27.4 Å². The molecule has 0 radical (unpaired) electrons. The Kier molecular flexibility index (Phi) is 5.32. The molecule has 0 atom stereocenters. The molecule has 1 heterocycles. The van der Waals surface area contributed by atoms with Gasteiger partial charge in [-0.05, 0) is 47.5 Å². The summed E-state index contributed by atoms with van der Waals surface area (Å²) in [7, 11) is 1.59. The normalized spacial score (nSPS) is 13.2. The molecule has 3 rings (SSSR count). The topological polar surface area (TPSA) is 38.8 Å². The maximum absolute atomic E-state index is 12.8. The second kappa shape index (κ2) is 7.52. The van der Waals surface area contributed by atoms with Crippen molar-refractivity contribution in [2.45, 2.75) is 12.7 Å². The van der Waals surface area contributed by atoms with Gasteiger partial charge in [0.1, 0.15) is 0 Å². The zero-order valence-electron chi connectivity index (χ0n) is 14.2. The molecule has 4 nitrogen and oxygen atoms in total. The van der Waals surface area contributed by atoms with Crippen LogP contribution in [0.1, 0.15) is 16.7 Å². The minimum absolute atomic E-state index is 0.122. The van der Waals surface area contributed by atoms with Crippen molar-refractivity contribution >= 4 is 23.6 Å². The summed E-state index contributed by atoms with van der Waals surface area (Å²) in [6, 6.07) is 8.31. The monoisotopic (exact) mass is 397 g/mol. The van der Waals surface area contributed by atoms with Gasteiger partial charge < -0.3 is 14.4 Å². The number of carbonyl (C=O) groups excluding carboxylic acids is 1. The van der Waals surface area contributed by atoms with Crippen LogP contribution in [0.4, 0.5) is 13.2 Å². The predicted molar refractivity (Wildman–Crippen MR) is 94.5 cm³/mol. The number of likely N-dealkylation sites (N-methyl/N-ethyl adjacent to an activating group) is 1. The van der Waals surface area contributed by atoms with Crippen LogP contribution in [0.15, 0.2) is 42.5 Å². The number of ether oxygens (including phenoxy) is 2. The summed E-state index contributed by atoms with van der Waals surface area (Å²) >= 11 is 5.92. The number of rotatable bonds is 4. The van der Waals surface area contributed by atoms with E-state index in [0.717, 1.165) is 23.8 Å². The van der Waals surface area contributed by atoms with Crippen LogP contribution < -0.4 is 9.47 Å². The van der Waals surface area contributed by atoms with Crippen LogP contribution >= 0.6 is 11.6 Å². The summed E-state index contributed by atoms with van der Waals surface area (Å²) in [4.78, 5) is 13.7. The number of halogens is 4. The Morgan fingerprint density at radius 2 is 1.93 bits per heavy atom. The molecule has 0 unspecified atom stereocenters. The molecule has 1 aliphatic rings. The first-order chi connectivity index (χ1) is 12.7. The third-order valence-electron chi connectivity index (χ3n) is 3.96. The second-order valence-corrected chi connectivity index (χ2v) is 6.36. The smallest absolute Gasteiger partial charge is 0.416 e. The van der Waals surface area contributed by atoms with E-state index in [0.29, 0.717) is 18.0 Å². The fraction of sp³-hybridized carbons (Fsp3) is 0.211. The minimum atomic E-state index is -4.48. The molecular weight excluding hydrogens is 383 g/mol. The van der Waals surface area contributed by atoms with Crippen molar-refractivity contribution in [3.8, 4) is 11.5 Å². The fourth-order valence-electron chi connectivity index (χ4n) is 2.53. The van der Waals surface area contributed by atoms with E-state index in [4.69, 9.17) is 21.1 Å². The van der Waals surface area contributed by atoms with Crippen LogP contribution in [0.5, 0.6) is 11.5 Å². The minimum Gasteiger partial charge on any atom is -0.454 e. The van der Waals surface area contributed by atoms with Gasteiger partial charge in [-0.25, -0.2) is 0 Å². The Hall–Kier alpha value is -2.67. The molecule has 2 aromatic carbocycles. The maximum atomic E-state index is 12.8. The average molecular weight is 398 g/mol. The van der Waals surface area contributed by atoms with Gasteiger partial charge in [0.05, 0.1) is 5.56 Å². The number of hydrogen-bond acceptors (Lipinski definition) is 3. The summed E-state index contributed by atoms with van der Waals surface area (Å²) in [5, 5.41) is 0.130. The van der Waals surface area contributed by atoms with Crippen molar-refractivity contribution in [2.24, 2.45) is 0 Å². The SMILES string of the molecule is CN(Cc1ccc2c(c1)OCO2)C(=O)/C=C/c1cc(C(F)(F)F)ccc1Cl. The lowest BCUT2D eigenvalue weighted by Gasteiger charge is -2.15. The number of fused-ring (bicyclic) bond motifs is 1. The van der Waals surface area contributed by atoms with Crippen molar-refractivity contribution in [2.75, 3.05) is 13.8 Å². The average Bonchev–Trinajstić information content (AvgIpc) is 3.07. The molecule has 8 heteroatoms. The van der Waals surface area contributed by atoms with Crippen LogP contribution in [0, 0.1) is 0 Å². The predicted octanol–water partition coefficient (Wildman–Crippen LogP) is 4.76. The molecule has 0 aromatic heterocycles. The molecule has 2 aromatic rings. The molecule has 27 heavy (non-hydrogen) atoms. The molecule has 0 saturated carbocycles. The molecule has 0 fully saturated rings. The zero-order valence-corrected chi connectivity index (χ0v) is 15.0. The first-order valence-corrected chi connectivity index (χ1v) is 8.30. The summed E-state index contributed by atoms with van der Waals surface area (Å²) < 4.78 is 48.9. The maximum Gasteiger partial charge on any atom is 0.416 e. The van der Waals surface area contributed by atoms with Crippen LogP contribution in [0.2, 0.25) is 5.02 Å². The van der Waals surface area contributed by atoms with Crippen molar-refractivity contribution in [3.63, 3.8) is 0 Å². The Balaban J connectivity index is 1.69. The summed E-state index contributed by atoms with van der Waals surface area (Å²) in [6.45, 7) is 0.462. The van der Waals surface area contributed by atoms with Crippen LogP contribution in [0.25, 0.3) is 6.08 Å². The first-order valence-electron chi connectivity index (χ1n) is 7.92. The van der Waals surface area contributed by atoms with E-state index in [-0.39, 0.29) is 23.3 Å². The first kappa shape index (κ1) is 19.1. The summed E-state index contributed by atoms with van der Waals surface area (Å²) in [5.41, 5.74) is 0.129. The highest BCUT2D eigenvalue weighted by atomic mass is 35.5. The summed E-state index contributed by atoms with van der Waals surface area (Å²) in [5.74, 6) is 0.882. The Labute approximate surface area is 158 Å². The lowest BCUT2D eigenvalue weighted by molar-refractivity contribution is -0.137. The third-order valence-corrected chi connectivity index (χ3v) is 4.31. The van der Waals surface area contributed by atoms with Gasteiger partial charge >= 0.3 is 6.18 Å². The standard InChI is InChI=1S/C19H15ClF3NO3/c1-24(10-12-2-6-16-17(8-12)27-11-26-16)18(25)7-3-13-9-14(19(21,22)23)4-5-15(13)20/h2-9H,10-11H2,1H3/b7-3+. The van der Waals surface area contributed by atoms with Gasteiger partial charge in [-0.1, -0.05) is 17.7 Å². The number of amides is 1. The van der Waals surface area contributed by atoms with Crippen molar-refractivity contribution in [1.82, 2.24) is 4.90 Å². The molecule has 0 aliphatic carbocycles. The summed E-state index contributed by atoms with van der Waals surface area (Å²) in [6.07, 6.45) is -2.02. The molecular formula is C19H15ClF3NO3. The van der Waals surface area contributed by atoms with Gasteiger partial charge in [-0.2, -0.15) is 13.2 Å².